The third kappa shape index (κ3) is 2.14. The maximum Gasteiger partial charge on any atom is 0.316 e. The summed E-state index contributed by atoms with van der Waals surface area (Å²) in [7, 11) is 0. The fourth-order valence-corrected chi connectivity index (χ4v) is 0.554. The van der Waals surface area contributed by atoms with E-state index in [4.69, 9.17) is 0 Å². The summed E-state index contributed by atoms with van der Waals surface area (Å²) in [5.74, 6) is 0. The van der Waals surface area contributed by atoms with E-state index in [0.717, 1.165) is 0 Å². The number of hydrogen-bond donors (Lipinski definition) is 0. The summed E-state index contributed by atoms with van der Waals surface area (Å²) in [6.07, 6.45) is 7.56. The lowest BCUT2D eigenvalue weighted by molar-refractivity contribution is 1.25. The van der Waals surface area contributed by atoms with Crippen molar-refractivity contribution in [1.82, 2.24) is 0 Å². The van der Waals surface area contributed by atoms with Gasteiger partial charge in [0.25, 0.3) is 0 Å². The molecule has 36 valence electrons. The molecule has 0 aromatic heterocycles. The Kier molecular flexibility index (Phi) is 3.39. The average Bonchev–Trinajstić information content (AvgIpc) is 1.86. The zero-order valence-corrected chi connectivity index (χ0v) is 3.94. The van der Waals surface area contributed by atoms with Gasteiger partial charge in [0, 0.05) is 0 Å². The lowest BCUT2D eigenvalue weighted by Crippen LogP contribution is -1.58. The van der Waals surface area contributed by atoms with E-state index in [1.165, 1.54) is 12.0 Å². The lowest BCUT2D eigenvalue weighted by atomic mass is 10.3. The molecule has 1 heteroatoms. The van der Waals surface area contributed by atoms with Crippen LogP contribution in [0.4, 0.5) is 0 Å². The minimum absolute atomic E-state index is 0. The topological polar surface area (TPSA) is 0 Å². The standard InChI is InChI=1S/C6H8.Mg.2H/c1-6-4-2-3-5-6;;;/h2-4H,5H2,1H3;;;. The molecule has 0 saturated heterocycles. The molecule has 0 spiro atoms. The normalized spacial score (nSPS) is 15.9. The SMILES string of the molecule is CC1=CC=CC1.[MgH2]. The summed E-state index contributed by atoms with van der Waals surface area (Å²) in [4.78, 5) is 0. The van der Waals surface area contributed by atoms with Gasteiger partial charge >= 0.3 is 23.1 Å². The van der Waals surface area contributed by atoms with E-state index in [-0.39, 0.29) is 23.1 Å². The van der Waals surface area contributed by atoms with Crippen LogP contribution in [0.15, 0.2) is 23.8 Å². The Morgan fingerprint density at radius 2 is 2.29 bits per heavy atom. The molecule has 1 rings (SSSR count). The van der Waals surface area contributed by atoms with E-state index in [1.807, 2.05) is 0 Å². The molecule has 1 aliphatic carbocycles. The van der Waals surface area contributed by atoms with Crippen molar-refractivity contribution < 1.29 is 0 Å². The first-order valence-electron chi connectivity index (χ1n) is 2.22. The van der Waals surface area contributed by atoms with Gasteiger partial charge in [0.05, 0.1) is 0 Å². The fourth-order valence-electron chi connectivity index (χ4n) is 0.554. The van der Waals surface area contributed by atoms with Gasteiger partial charge in [-0.2, -0.15) is 0 Å². The van der Waals surface area contributed by atoms with Crippen molar-refractivity contribution in [1.29, 1.82) is 0 Å². The molecule has 1 aliphatic rings. The summed E-state index contributed by atoms with van der Waals surface area (Å²) in [6, 6.07) is 0. The lowest BCUT2D eigenvalue weighted by Gasteiger charge is -1.78. The predicted molar refractivity (Wildman–Crippen MR) is 36.1 cm³/mol. The highest BCUT2D eigenvalue weighted by molar-refractivity contribution is 5.75. The van der Waals surface area contributed by atoms with E-state index >= 15 is 0 Å². The van der Waals surface area contributed by atoms with Crippen molar-refractivity contribution in [2.24, 2.45) is 0 Å². The fraction of sp³-hybridized carbons (Fsp3) is 0.333. The minimum atomic E-state index is 0. The highest BCUT2D eigenvalue weighted by atomic mass is 24.3. The molecule has 0 N–H and O–H groups in total. The molecule has 0 heterocycles. The summed E-state index contributed by atoms with van der Waals surface area (Å²) >= 11 is 0. The monoisotopic (exact) mass is 106 g/mol. The van der Waals surface area contributed by atoms with E-state index in [0.29, 0.717) is 0 Å². The second-order valence-corrected chi connectivity index (χ2v) is 1.65. The predicted octanol–water partition coefficient (Wildman–Crippen LogP) is 0.976. The Morgan fingerprint density at radius 3 is 2.43 bits per heavy atom. The van der Waals surface area contributed by atoms with Gasteiger partial charge in [0.1, 0.15) is 0 Å². The summed E-state index contributed by atoms with van der Waals surface area (Å²) in [6.45, 7) is 2.14. The second kappa shape index (κ2) is 3.27. The Hall–Kier alpha value is 0.246. The molecule has 0 fully saturated rings. The van der Waals surface area contributed by atoms with Crippen molar-refractivity contribution in [3.8, 4) is 0 Å². The molecule has 0 atom stereocenters. The molecule has 0 nitrogen and oxygen atoms in total. The molecular formula is C6H10Mg. The Bertz CT molecular complexity index is 101. The second-order valence-electron chi connectivity index (χ2n) is 1.65. The van der Waals surface area contributed by atoms with Crippen LogP contribution in [0, 0.1) is 0 Å². The number of hydrogen-bond acceptors (Lipinski definition) is 0. The largest absolute Gasteiger partial charge is 0.316 e. The highest BCUT2D eigenvalue weighted by Gasteiger charge is 1.86. The van der Waals surface area contributed by atoms with Crippen LogP contribution in [0.2, 0.25) is 0 Å². The Balaban J connectivity index is 0.000000360. The van der Waals surface area contributed by atoms with Gasteiger partial charge in [0.2, 0.25) is 0 Å². The van der Waals surface area contributed by atoms with E-state index < -0.39 is 0 Å². The van der Waals surface area contributed by atoms with Crippen molar-refractivity contribution in [2.45, 2.75) is 13.3 Å². The molecule has 0 amide bonds. The number of allylic oxidation sites excluding steroid dienone is 4. The first kappa shape index (κ1) is 7.25. The first-order valence-corrected chi connectivity index (χ1v) is 2.22. The van der Waals surface area contributed by atoms with Gasteiger partial charge in [0.15, 0.2) is 0 Å². The molecule has 0 aromatic rings. The van der Waals surface area contributed by atoms with Crippen molar-refractivity contribution in [3.63, 3.8) is 0 Å². The highest BCUT2D eigenvalue weighted by Crippen LogP contribution is 2.06. The van der Waals surface area contributed by atoms with Gasteiger partial charge < -0.3 is 0 Å². The van der Waals surface area contributed by atoms with Gasteiger partial charge in [-0.05, 0) is 13.3 Å². The van der Waals surface area contributed by atoms with Crippen LogP contribution in [0.3, 0.4) is 0 Å². The Labute approximate surface area is 60.4 Å². The smallest absolute Gasteiger partial charge is 0.0805 e. The molecule has 0 aromatic carbocycles. The zero-order chi connectivity index (χ0) is 4.41. The molecular weight excluding hydrogens is 96.4 g/mol. The molecule has 0 aliphatic heterocycles. The van der Waals surface area contributed by atoms with Gasteiger partial charge in [-0.15, -0.1) is 0 Å². The van der Waals surface area contributed by atoms with Crippen LogP contribution < -0.4 is 0 Å². The maximum atomic E-state index is 2.16. The van der Waals surface area contributed by atoms with Gasteiger partial charge in [-0.1, -0.05) is 23.8 Å². The van der Waals surface area contributed by atoms with Crippen LogP contribution >= 0.6 is 0 Å². The summed E-state index contributed by atoms with van der Waals surface area (Å²) < 4.78 is 0. The number of rotatable bonds is 0. The van der Waals surface area contributed by atoms with Gasteiger partial charge in [-0.25, -0.2) is 0 Å². The molecule has 0 bridgehead atoms. The first-order chi connectivity index (χ1) is 2.89. The molecule has 0 unspecified atom stereocenters. The zero-order valence-electron chi connectivity index (χ0n) is 3.94. The van der Waals surface area contributed by atoms with Crippen LogP contribution in [0.25, 0.3) is 0 Å². The van der Waals surface area contributed by atoms with Gasteiger partial charge in [-0.3, -0.25) is 0 Å². The third-order valence-electron chi connectivity index (χ3n) is 0.957. The quantitative estimate of drug-likeness (QED) is 0.404. The molecule has 0 saturated carbocycles. The van der Waals surface area contributed by atoms with E-state index in [2.05, 4.69) is 25.2 Å². The Morgan fingerprint density at radius 1 is 1.57 bits per heavy atom. The molecule has 7 heavy (non-hydrogen) atoms. The van der Waals surface area contributed by atoms with Crippen LogP contribution in [-0.4, -0.2) is 23.1 Å². The van der Waals surface area contributed by atoms with Crippen molar-refractivity contribution in [2.75, 3.05) is 0 Å². The van der Waals surface area contributed by atoms with Crippen molar-refractivity contribution >= 4 is 23.1 Å². The van der Waals surface area contributed by atoms with Crippen LogP contribution in [0.5, 0.6) is 0 Å². The summed E-state index contributed by atoms with van der Waals surface area (Å²) in [5, 5.41) is 0. The van der Waals surface area contributed by atoms with Crippen LogP contribution in [-0.2, 0) is 0 Å². The third-order valence-corrected chi connectivity index (χ3v) is 0.957. The van der Waals surface area contributed by atoms with E-state index in [1.54, 1.807) is 0 Å². The average molecular weight is 106 g/mol. The van der Waals surface area contributed by atoms with E-state index in [9.17, 15) is 0 Å². The van der Waals surface area contributed by atoms with Crippen LogP contribution in [0.1, 0.15) is 13.3 Å². The minimum Gasteiger partial charge on any atom is -0.0805 e. The molecule has 0 radical (unpaired) electrons. The maximum absolute atomic E-state index is 2.16. The summed E-state index contributed by atoms with van der Waals surface area (Å²) in [5.41, 5.74) is 1.47. The van der Waals surface area contributed by atoms with Crippen molar-refractivity contribution in [3.05, 3.63) is 23.8 Å².